The Morgan fingerprint density at radius 3 is 2.86 bits per heavy atom. The summed E-state index contributed by atoms with van der Waals surface area (Å²) in [5.74, 6) is 2.34. The van der Waals surface area contributed by atoms with Gasteiger partial charge >= 0.3 is 6.09 Å². The number of rotatable bonds is 3. The predicted molar refractivity (Wildman–Crippen MR) is 53.3 cm³/mol. The van der Waals surface area contributed by atoms with E-state index in [0.717, 1.165) is 5.54 Å². The van der Waals surface area contributed by atoms with Gasteiger partial charge in [0.1, 0.15) is 11.7 Å². The van der Waals surface area contributed by atoms with Gasteiger partial charge in [-0.25, -0.2) is 4.79 Å². The average molecular weight is 218 g/mol. The number of hydrogen-bond donors (Lipinski definition) is 2. The molecule has 3 N–H and O–H groups in total. The highest BCUT2D eigenvalue weighted by Crippen LogP contribution is 2.13. The molecule has 0 saturated heterocycles. The number of aliphatic hydroxyl groups is 1. The van der Waals surface area contributed by atoms with E-state index >= 15 is 0 Å². The molecule has 0 saturated carbocycles. The minimum Gasteiger partial charge on any atom is -0.374 e. The first-order chi connectivity index (χ1) is 6.54. The van der Waals surface area contributed by atoms with Crippen LogP contribution in [0, 0.1) is 12.0 Å². The fourth-order valence-corrected chi connectivity index (χ4v) is 1.05. The lowest BCUT2D eigenvalue weighted by atomic mass is 10.00. The minimum atomic E-state index is -1.37. The Labute approximate surface area is 87.7 Å². The highest BCUT2D eigenvalue weighted by atomic mass is 35.5. The first-order valence-electron chi connectivity index (χ1n) is 4.03. The number of nitrogens with two attached hydrogens (primary N) is 1. The van der Waals surface area contributed by atoms with Crippen LogP contribution < -0.4 is 5.73 Å². The predicted octanol–water partition coefficient (Wildman–Crippen LogP) is 1.33. The van der Waals surface area contributed by atoms with Crippen LogP contribution in [0.2, 0.25) is 0 Å². The second-order valence-electron chi connectivity index (χ2n) is 2.62. The van der Waals surface area contributed by atoms with Crippen molar-refractivity contribution in [2.75, 3.05) is 0 Å². The fourth-order valence-electron chi connectivity index (χ4n) is 0.837. The van der Waals surface area contributed by atoms with Gasteiger partial charge in [0, 0.05) is 5.54 Å². The van der Waals surface area contributed by atoms with Crippen LogP contribution in [-0.4, -0.2) is 16.8 Å². The van der Waals surface area contributed by atoms with E-state index in [9.17, 15) is 9.90 Å². The number of carbonyl (C=O) groups excluding carboxylic acids is 1. The van der Waals surface area contributed by atoms with Crippen LogP contribution >= 0.6 is 11.6 Å². The van der Waals surface area contributed by atoms with Gasteiger partial charge in [-0.2, -0.15) is 0 Å². The fraction of sp³-hybridized carbons (Fsp3) is 0.444. The summed E-state index contributed by atoms with van der Waals surface area (Å²) in [4.78, 5) is 10.2. The van der Waals surface area contributed by atoms with Gasteiger partial charge in [0.25, 0.3) is 0 Å². The Balaban J connectivity index is 4.47. The van der Waals surface area contributed by atoms with Gasteiger partial charge in [-0.05, 0) is 18.4 Å². The zero-order valence-corrected chi connectivity index (χ0v) is 8.54. The molecule has 14 heavy (non-hydrogen) atoms. The second kappa shape index (κ2) is 6.30. The summed E-state index contributed by atoms with van der Waals surface area (Å²) in [5.41, 5.74) is 4.47. The Hall–Kier alpha value is -1.18. The molecule has 78 valence electrons. The van der Waals surface area contributed by atoms with Crippen molar-refractivity contribution in [3.8, 4) is 12.0 Å². The number of primary amides is 1. The summed E-state index contributed by atoms with van der Waals surface area (Å²) in [6.45, 7) is 1.88. The van der Waals surface area contributed by atoms with E-state index in [2.05, 4.69) is 16.4 Å². The number of amides is 1. The molecule has 0 heterocycles. The molecule has 1 amide bonds. The molecule has 0 aliphatic heterocycles. The molecule has 0 aromatic rings. The minimum absolute atomic E-state index is 0.394. The van der Waals surface area contributed by atoms with Gasteiger partial charge < -0.3 is 15.6 Å². The number of ether oxygens (including phenoxy) is 1. The van der Waals surface area contributed by atoms with Crippen LogP contribution in [0.1, 0.15) is 19.8 Å². The molecule has 0 fully saturated rings. The molecule has 1 unspecified atom stereocenters. The molecular weight excluding hydrogens is 206 g/mol. The van der Waals surface area contributed by atoms with E-state index in [-0.39, 0.29) is 0 Å². The Kier molecular flexibility index (Phi) is 5.77. The molecule has 0 radical (unpaired) electrons. The van der Waals surface area contributed by atoms with Crippen LogP contribution in [0.3, 0.4) is 0 Å². The SMILES string of the molecule is CCCC(O)(C#COC(N)=O)/C=C/Cl. The lowest BCUT2D eigenvalue weighted by Crippen LogP contribution is -2.23. The summed E-state index contributed by atoms with van der Waals surface area (Å²) in [6.07, 6.45) is 3.42. The molecule has 0 spiro atoms. The van der Waals surface area contributed by atoms with E-state index < -0.39 is 11.7 Å². The molecule has 4 nitrogen and oxygen atoms in total. The van der Waals surface area contributed by atoms with E-state index in [1.807, 2.05) is 13.0 Å². The van der Waals surface area contributed by atoms with Gasteiger partial charge in [-0.15, -0.1) is 0 Å². The van der Waals surface area contributed by atoms with Gasteiger partial charge in [-0.3, -0.25) is 0 Å². The maximum absolute atomic E-state index is 10.2. The van der Waals surface area contributed by atoms with Crippen LogP contribution in [0.15, 0.2) is 11.6 Å². The van der Waals surface area contributed by atoms with Gasteiger partial charge in [0.15, 0.2) is 0 Å². The topological polar surface area (TPSA) is 72.6 Å². The van der Waals surface area contributed by atoms with E-state index in [0.29, 0.717) is 12.8 Å². The quantitative estimate of drug-likeness (QED) is 0.701. The standard InChI is InChI=1S/C9H12ClNO3/c1-2-3-9(13,4-6-10)5-7-14-8(11)12/h4,6,13H,2-3H2,1H3,(H2,11,12)/b6-4+. The molecule has 0 aromatic carbocycles. The lowest BCUT2D eigenvalue weighted by molar-refractivity contribution is 0.140. The number of hydrogen-bond acceptors (Lipinski definition) is 3. The van der Waals surface area contributed by atoms with Crippen LogP contribution in [0.25, 0.3) is 0 Å². The summed E-state index contributed by atoms with van der Waals surface area (Å²) in [6, 6.07) is 0. The van der Waals surface area contributed by atoms with Crippen molar-refractivity contribution in [1.29, 1.82) is 0 Å². The summed E-state index contributed by atoms with van der Waals surface area (Å²) in [5, 5.41) is 9.75. The first kappa shape index (κ1) is 12.8. The highest BCUT2D eigenvalue weighted by molar-refractivity contribution is 6.25. The summed E-state index contributed by atoms with van der Waals surface area (Å²) in [7, 11) is 0. The van der Waals surface area contributed by atoms with E-state index in [1.165, 1.54) is 6.08 Å². The third-order valence-electron chi connectivity index (χ3n) is 1.39. The molecule has 0 aliphatic rings. The third-order valence-corrected chi connectivity index (χ3v) is 1.51. The molecule has 0 aromatic heterocycles. The maximum Gasteiger partial charge on any atom is 0.418 e. The molecule has 0 rings (SSSR count). The van der Waals surface area contributed by atoms with Gasteiger partial charge in [0.2, 0.25) is 0 Å². The zero-order chi connectivity index (χ0) is 11.0. The van der Waals surface area contributed by atoms with Crippen LogP contribution in [0.4, 0.5) is 4.79 Å². The molecular formula is C9H12ClNO3. The van der Waals surface area contributed by atoms with Crippen molar-refractivity contribution >= 4 is 17.7 Å². The molecule has 1 atom stereocenters. The number of halogens is 1. The average Bonchev–Trinajstić information content (AvgIpc) is 2.03. The van der Waals surface area contributed by atoms with Crippen LogP contribution in [0.5, 0.6) is 0 Å². The Bertz CT molecular complexity index is 280. The molecule has 5 heteroatoms. The van der Waals surface area contributed by atoms with Crippen LogP contribution in [-0.2, 0) is 4.74 Å². The lowest BCUT2D eigenvalue weighted by Gasteiger charge is -2.15. The smallest absolute Gasteiger partial charge is 0.374 e. The van der Waals surface area contributed by atoms with Crippen molar-refractivity contribution in [2.24, 2.45) is 5.73 Å². The van der Waals surface area contributed by atoms with Crippen molar-refractivity contribution in [3.63, 3.8) is 0 Å². The Morgan fingerprint density at radius 1 is 1.79 bits per heavy atom. The molecule has 0 bridgehead atoms. The first-order valence-corrected chi connectivity index (χ1v) is 4.46. The van der Waals surface area contributed by atoms with Crippen molar-refractivity contribution in [2.45, 2.75) is 25.4 Å². The zero-order valence-electron chi connectivity index (χ0n) is 7.79. The van der Waals surface area contributed by atoms with Gasteiger partial charge in [-0.1, -0.05) is 24.9 Å². The largest absolute Gasteiger partial charge is 0.418 e. The third kappa shape index (κ3) is 5.46. The van der Waals surface area contributed by atoms with E-state index in [4.69, 9.17) is 11.6 Å². The number of carbonyl (C=O) groups is 1. The van der Waals surface area contributed by atoms with Crippen molar-refractivity contribution in [3.05, 3.63) is 11.6 Å². The summed E-state index contributed by atoms with van der Waals surface area (Å²) < 4.78 is 4.17. The Morgan fingerprint density at radius 2 is 2.43 bits per heavy atom. The monoisotopic (exact) mass is 217 g/mol. The summed E-state index contributed by atoms with van der Waals surface area (Å²) >= 11 is 5.32. The van der Waals surface area contributed by atoms with E-state index in [1.54, 1.807) is 0 Å². The van der Waals surface area contributed by atoms with Gasteiger partial charge in [0.05, 0.1) is 0 Å². The highest BCUT2D eigenvalue weighted by Gasteiger charge is 2.19. The van der Waals surface area contributed by atoms with Crippen molar-refractivity contribution < 1.29 is 14.6 Å². The van der Waals surface area contributed by atoms with Crippen molar-refractivity contribution in [1.82, 2.24) is 0 Å². The molecule has 0 aliphatic carbocycles. The normalized spacial score (nSPS) is 14.2. The maximum atomic E-state index is 10.2. The second-order valence-corrected chi connectivity index (χ2v) is 2.87.